The summed E-state index contributed by atoms with van der Waals surface area (Å²) < 4.78 is 5.42. The first-order chi connectivity index (χ1) is 14.1. The van der Waals surface area contributed by atoms with E-state index in [0.29, 0.717) is 25.1 Å². The number of hydrogen-bond donors (Lipinski definition) is 2. The number of amides is 2. The number of hydrogen-bond acceptors (Lipinski definition) is 5. The van der Waals surface area contributed by atoms with Gasteiger partial charge in [0, 0.05) is 37.6 Å². The van der Waals surface area contributed by atoms with Crippen LogP contribution in [0.25, 0.3) is 0 Å². The Morgan fingerprint density at radius 1 is 1.28 bits per heavy atom. The number of aromatic nitrogens is 2. The molecule has 2 aliphatic heterocycles. The van der Waals surface area contributed by atoms with E-state index in [1.165, 1.54) is 0 Å². The molecular weight excluding hydrogens is 366 g/mol. The van der Waals surface area contributed by atoms with Crippen LogP contribution in [0.5, 0.6) is 0 Å². The van der Waals surface area contributed by atoms with E-state index in [0.717, 1.165) is 49.3 Å². The molecule has 0 saturated carbocycles. The Morgan fingerprint density at radius 2 is 2.03 bits per heavy atom. The molecule has 1 unspecified atom stereocenters. The Balaban J connectivity index is 1.48. The van der Waals surface area contributed by atoms with Crippen LogP contribution in [0.1, 0.15) is 49.9 Å². The molecule has 1 aromatic heterocycles. The van der Waals surface area contributed by atoms with Crippen molar-refractivity contribution in [2.24, 2.45) is 0 Å². The lowest BCUT2D eigenvalue weighted by Gasteiger charge is -2.34. The van der Waals surface area contributed by atoms with E-state index in [9.17, 15) is 4.79 Å². The Hall–Kier alpha value is -2.67. The van der Waals surface area contributed by atoms with Crippen LogP contribution in [-0.4, -0.2) is 40.2 Å². The van der Waals surface area contributed by atoms with Crippen molar-refractivity contribution in [3.63, 3.8) is 0 Å². The standard InChI is InChI=1S/C22H29N5O2/c1-3-22(2)18-14-23-20(25-17-9-11-29-12-10-17)26-19(18)15-27(22)21(28)24-13-16-7-5-4-6-8-16/h4-8,14,17H,3,9-13,15H2,1-2H3,(H,24,28)(H,23,25,26). The lowest BCUT2D eigenvalue weighted by Crippen LogP contribution is -2.47. The topological polar surface area (TPSA) is 79.4 Å². The first kappa shape index (κ1) is 19.6. The number of nitrogens with zero attached hydrogens (tertiary/aromatic N) is 3. The van der Waals surface area contributed by atoms with Crippen molar-refractivity contribution < 1.29 is 9.53 Å². The maximum absolute atomic E-state index is 13.0. The summed E-state index contributed by atoms with van der Waals surface area (Å²) in [5.74, 6) is 0.639. The number of ether oxygens (including phenoxy) is 1. The van der Waals surface area contributed by atoms with Crippen molar-refractivity contribution in [3.8, 4) is 0 Å². The lowest BCUT2D eigenvalue weighted by atomic mass is 9.92. The molecule has 7 heteroatoms. The van der Waals surface area contributed by atoms with Crippen LogP contribution < -0.4 is 10.6 Å². The van der Waals surface area contributed by atoms with Crippen LogP contribution in [-0.2, 0) is 23.4 Å². The molecule has 0 aliphatic carbocycles. The molecule has 2 aliphatic rings. The smallest absolute Gasteiger partial charge is 0.318 e. The predicted octanol–water partition coefficient (Wildman–Crippen LogP) is 3.42. The second kappa shape index (κ2) is 8.37. The van der Waals surface area contributed by atoms with Crippen LogP contribution in [0.4, 0.5) is 10.7 Å². The summed E-state index contributed by atoms with van der Waals surface area (Å²) in [5.41, 5.74) is 2.63. The Kier molecular flexibility index (Phi) is 5.67. The van der Waals surface area contributed by atoms with Gasteiger partial charge in [-0.2, -0.15) is 0 Å². The average Bonchev–Trinajstić information content (AvgIpc) is 3.06. The van der Waals surface area contributed by atoms with Crippen molar-refractivity contribution in [2.45, 2.75) is 57.8 Å². The zero-order valence-electron chi connectivity index (χ0n) is 17.1. The molecule has 154 valence electrons. The molecule has 2 aromatic rings. The van der Waals surface area contributed by atoms with Gasteiger partial charge in [0.2, 0.25) is 5.95 Å². The van der Waals surface area contributed by atoms with Crippen LogP contribution in [0, 0.1) is 0 Å². The third kappa shape index (κ3) is 4.05. The highest BCUT2D eigenvalue weighted by atomic mass is 16.5. The highest BCUT2D eigenvalue weighted by Crippen LogP contribution is 2.40. The van der Waals surface area contributed by atoms with E-state index >= 15 is 0 Å². The number of carbonyl (C=O) groups is 1. The quantitative estimate of drug-likeness (QED) is 0.811. The van der Waals surface area contributed by atoms with Gasteiger partial charge in [-0.1, -0.05) is 37.3 Å². The van der Waals surface area contributed by atoms with Crippen molar-refractivity contribution in [2.75, 3.05) is 18.5 Å². The van der Waals surface area contributed by atoms with Gasteiger partial charge >= 0.3 is 6.03 Å². The number of fused-ring (bicyclic) bond motifs is 1. The molecule has 4 rings (SSSR count). The molecule has 7 nitrogen and oxygen atoms in total. The third-order valence-corrected chi connectivity index (χ3v) is 6.13. The summed E-state index contributed by atoms with van der Waals surface area (Å²) in [6, 6.07) is 10.2. The number of anilines is 1. The first-order valence-electron chi connectivity index (χ1n) is 10.4. The lowest BCUT2D eigenvalue weighted by molar-refractivity contribution is 0.0903. The second-order valence-corrected chi connectivity index (χ2v) is 7.94. The van der Waals surface area contributed by atoms with Crippen molar-refractivity contribution in [1.29, 1.82) is 0 Å². The highest BCUT2D eigenvalue weighted by Gasteiger charge is 2.44. The first-order valence-corrected chi connectivity index (χ1v) is 10.4. The minimum atomic E-state index is -0.409. The van der Waals surface area contributed by atoms with Crippen LogP contribution in [0.15, 0.2) is 36.5 Å². The van der Waals surface area contributed by atoms with Gasteiger partial charge in [-0.05, 0) is 31.7 Å². The zero-order chi connectivity index (χ0) is 20.3. The van der Waals surface area contributed by atoms with Gasteiger partial charge in [0.25, 0.3) is 0 Å². The van der Waals surface area contributed by atoms with Gasteiger partial charge in [0.05, 0.1) is 17.8 Å². The highest BCUT2D eigenvalue weighted by molar-refractivity contribution is 5.76. The van der Waals surface area contributed by atoms with Crippen LogP contribution in [0.3, 0.4) is 0 Å². The number of rotatable bonds is 5. The second-order valence-electron chi connectivity index (χ2n) is 7.94. The Bertz CT molecular complexity index is 854. The third-order valence-electron chi connectivity index (χ3n) is 6.13. The van der Waals surface area contributed by atoms with Gasteiger partial charge in [-0.15, -0.1) is 0 Å². The van der Waals surface area contributed by atoms with E-state index < -0.39 is 5.54 Å². The average molecular weight is 396 g/mol. The van der Waals surface area contributed by atoms with Crippen LogP contribution in [0.2, 0.25) is 0 Å². The molecule has 0 radical (unpaired) electrons. The summed E-state index contributed by atoms with van der Waals surface area (Å²) in [6.07, 6.45) is 4.61. The number of nitrogens with one attached hydrogen (secondary N) is 2. The molecule has 1 saturated heterocycles. The minimum Gasteiger partial charge on any atom is -0.381 e. The molecule has 0 spiro atoms. The molecule has 1 fully saturated rings. The maximum atomic E-state index is 13.0. The molecule has 2 amide bonds. The number of carbonyl (C=O) groups excluding carboxylic acids is 1. The fraction of sp³-hybridized carbons (Fsp3) is 0.500. The summed E-state index contributed by atoms with van der Waals surface area (Å²) in [7, 11) is 0. The Morgan fingerprint density at radius 3 is 2.76 bits per heavy atom. The normalized spacial score (nSPS) is 21.7. The largest absolute Gasteiger partial charge is 0.381 e. The number of benzene rings is 1. The Labute approximate surface area is 171 Å². The SMILES string of the molecule is CCC1(C)c2cnc(NC3CCOCC3)nc2CN1C(=O)NCc1ccccc1. The maximum Gasteiger partial charge on any atom is 0.318 e. The van der Waals surface area contributed by atoms with Gasteiger partial charge in [-0.3, -0.25) is 0 Å². The molecule has 1 aromatic carbocycles. The summed E-state index contributed by atoms with van der Waals surface area (Å²) in [5, 5.41) is 6.48. The van der Waals surface area contributed by atoms with Gasteiger partial charge in [0.15, 0.2) is 0 Å². The van der Waals surface area contributed by atoms with E-state index in [4.69, 9.17) is 9.72 Å². The van der Waals surface area contributed by atoms with E-state index in [-0.39, 0.29) is 6.03 Å². The monoisotopic (exact) mass is 395 g/mol. The summed E-state index contributed by atoms with van der Waals surface area (Å²) in [4.78, 5) is 24.2. The molecule has 3 heterocycles. The summed E-state index contributed by atoms with van der Waals surface area (Å²) in [6.45, 7) is 6.73. The van der Waals surface area contributed by atoms with E-state index in [1.54, 1.807) is 0 Å². The fourth-order valence-corrected chi connectivity index (χ4v) is 4.10. The van der Waals surface area contributed by atoms with Crippen molar-refractivity contribution in [1.82, 2.24) is 20.2 Å². The van der Waals surface area contributed by atoms with Crippen molar-refractivity contribution in [3.05, 3.63) is 53.3 Å². The molecule has 29 heavy (non-hydrogen) atoms. The molecule has 2 N–H and O–H groups in total. The van der Waals surface area contributed by atoms with Gasteiger partial charge < -0.3 is 20.3 Å². The fourth-order valence-electron chi connectivity index (χ4n) is 4.10. The molecule has 1 atom stereocenters. The molecular formula is C22H29N5O2. The van der Waals surface area contributed by atoms with Crippen molar-refractivity contribution >= 4 is 12.0 Å². The zero-order valence-corrected chi connectivity index (χ0v) is 17.1. The van der Waals surface area contributed by atoms with Gasteiger partial charge in [-0.25, -0.2) is 14.8 Å². The van der Waals surface area contributed by atoms with E-state index in [2.05, 4.69) is 29.5 Å². The number of urea groups is 1. The minimum absolute atomic E-state index is 0.0739. The molecule has 0 bridgehead atoms. The summed E-state index contributed by atoms with van der Waals surface area (Å²) >= 11 is 0. The predicted molar refractivity (Wildman–Crippen MR) is 111 cm³/mol. The van der Waals surface area contributed by atoms with Crippen LogP contribution >= 0.6 is 0 Å². The van der Waals surface area contributed by atoms with Gasteiger partial charge in [0.1, 0.15) is 0 Å². The van der Waals surface area contributed by atoms with E-state index in [1.807, 2.05) is 41.4 Å².